The van der Waals surface area contributed by atoms with Gasteiger partial charge in [-0.25, -0.2) is 4.98 Å². The van der Waals surface area contributed by atoms with Crippen molar-refractivity contribution < 1.29 is 0 Å². The minimum atomic E-state index is -0.396. The standard InChI is InChI=1S/C56H34N4/c1-2-15-36(16-3-1)53-57-54(40-27-26-35-14-4-5-17-37(35)32-40)59-55(58-53)60-51-25-13-9-21-45(51)46-33-38(29-31-52(46)60)39-28-30-44-43-20-8-12-24-49(43)56(50(44)34-39)47-22-10-6-18-41(47)42-19-7-11-23-48(42)56/h1-34H. The number of benzene rings is 9. The van der Waals surface area contributed by atoms with Crippen molar-refractivity contribution in [1.82, 2.24) is 19.5 Å². The number of hydrogen-bond acceptors (Lipinski definition) is 3. The van der Waals surface area contributed by atoms with Gasteiger partial charge in [-0.1, -0.05) is 176 Å². The summed E-state index contributed by atoms with van der Waals surface area (Å²) in [6.45, 7) is 0. The molecule has 60 heavy (non-hydrogen) atoms. The first-order chi connectivity index (χ1) is 29.7. The van der Waals surface area contributed by atoms with Crippen molar-refractivity contribution in [3.05, 3.63) is 229 Å². The van der Waals surface area contributed by atoms with Crippen LogP contribution in [0.25, 0.3) is 94.7 Å². The summed E-state index contributed by atoms with van der Waals surface area (Å²) in [6, 6.07) is 74.5. The summed E-state index contributed by atoms with van der Waals surface area (Å²) in [5, 5.41) is 4.61. The summed E-state index contributed by atoms with van der Waals surface area (Å²) in [7, 11) is 0. The highest BCUT2D eigenvalue weighted by molar-refractivity contribution is 6.10. The van der Waals surface area contributed by atoms with E-state index >= 15 is 0 Å². The summed E-state index contributed by atoms with van der Waals surface area (Å²) >= 11 is 0. The largest absolute Gasteiger partial charge is 0.278 e. The van der Waals surface area contributed by atoms with Gasteiger partial charge in [0.1, 0.15) is 0 Å². The molecule has 0 radical (unpaired) electrons. The first-order valence-electron chi connectivity index (χ1n) is 20.5. The Labute approximate surface area is 346 Å². The first-order valence-corrected chi connectivity index (χ1v) is 20.5. The molecule has 13 rings (SSSR count). The Morgan fingerprint density at radius 2 is 0.850 bits per heavy atom. The minimum Gasteiger partial charge on any atom is -0.278 e. The molecule has 9 aromatic carbocycles. The fourth-order valence-electron chi connectivity index (χ4n) is 10.3. The molecule has 1 spiro atoms. The normalized spacial score (nSPS) is 13.1. The molecule has 0 amide bonds. The molecule has 0 unspecified atom stereocenters. The number of nitrogens with zero attached hydrogens (tertiary/aromatic N) is 4. The van der Waals surface area contributed by atoms with Crippen LogP contribution < -0.4 is 0 Å². The van der Waals surface area contributed by atoms with Gasteiger partial charge in [0.05, 0.1) is 16.4 Å². The van der Waals surface area contributed by atoms with E-state index in [2.05, 4.69) is 193 Å². The second-order valence-corrected chi connectivity index (χ2v) is 15.9. The van der Waals surface area contributed by atoms with Gasteiger partial charge < -0.3 is 0 Å². The molecule has 0 N–H and O–H groups in total. The zero-order valence-corrected chi connectivity index (χ0v) is 32.4. The van der Waals surface area contributed by atoms with E-state index in [-0.39, 0.29) is 0 Å². The summed E-state index contributed by atoms with van der Waals surface area (Å²) in [4.78, 5) is 15.5. The summed E-state index contributed by atoms with van der Waals surface area (Å²) in [5.41, 5.74) is 16.5. The maximum absolute atomic E-state index is 5.24. The highest BCUT2D eigenvalue weighted by atomic mass is 15.2. The highest BCUT2D eigenvalue weighted by Gasteiger charge is 2.51. The monoisotopic (exact) mass is 762 g/mol. The maximum Gasteiger partial charge on any atom is 0.238 e. The van der Waals surface area contributed by atoms with Crippen molar-refractivity contribution in [3.63, 3.8) is 0 Å². The van der Waals surface area contributed by atoms with Crippen LogP contribution >= 0.6 is 0 Å². The average molecular weight is 763 g/mol. The molecule has 278 valence electrons. The van der Waals surface area contributed by atoms with Crippen LogP contribution in [0.1, 0.15) is 22.3 Å². The van der Waals surface area contributed by atoms with Crippen LogP contribution in [0.4, 0.5) is 0 Å². The van der Waals surface area contributed by atoms with Crippen LogP contribution in [0.15, 0.2) is 206 Å². The highest BCUT2D eigenvalue weighted by Crippen LogP contribution is 2.63. The third-order valence-electron chi connectivity index (χ3n) is 12.9. The maximum atomic E-state index is 5.24. The van der Waals surface area contributed by atoms with Gasteiger partial charge in [0.15, 0.2) is 11.6 Å². The van der Waals surface area contributed by atoms with Crippen molar-refractivity contribution in [3.8, 4) is 62.1 Å². The fraction of sp³-hybridized carbons (Fsp3) is 0.0179. The smallest absolute Gasteiger partial charge is 0.238 e. The Morgan fingerprint density at radius 1 is 0.317 bits per heavy atom. The van der Waals surface area contributed by atoms with Gasteiger partial charge in [-0.05, 0) is 96.7 Å². The molecule has 4 nitrogen and oxygen atoms in total. The van der Waals surface area contributed by atoms with Crippen LogP contribution in [0.5, 0.6) is 0 Å². The Hall–Kier alpha value is -7.95. The van der Waals surface area contributed by atoms with Gasteiger partial charge in [0.2, 0.25) is 5.95 Å². The first kappa shape index (κ1) is 33.1. The van der Waals surface area contributed by atoms with Crippen LogP contribution in [0, 0.1) is 0 Å². The molecule has 0 fully saturated rings. The van der Waals surface area contributed by atoms with E-state index in [9.17, 15) is 0 Å². The summed E-state index contributed by atoms with van der Waals surface area (Å²) in [5.74, 6) is 1.85. The van der Waals surface area contributed by atoms with Gasteiger partial charge in [-0.3, -0.25) is 4.57 Å². The topological polar surface area (TPSA) is 43.6 Å². The molecule has 0 bridgehead atoms. The van der Waals surface area contributed by atoms with E-state index in [0.717, 1.165) is 43.9 Å². The third kappa shape index (κ3) is 4.59. The molecular formula is C56H34N4. The van der Waals surface area contributed by atoms with Crippen LogP contribution in [0.3, 0.4) is 0 Å². The lowest BCUT2D eigenvalue weighted by molar-refractivity contribution is 0.794. The van der Waals surface area contributed by atoms with E-state index in [1.807, 2.05) is 18.2 Å². The summed E-state index contributed by atoms with van der Waals surface area (Å²) < 4.78 is 2.20. The Bertz CT molecular complexity index is 3500. The second-order valence-electron chi connectivity index (χ2n) is 15.9. The quantitative estimate of drug-likeness (QED) is 0.179. The van der Waals surface area contributed by atoms with Crippen LogP contribution in [-0.2, 0) is 5.41 Å². The molecule has 4 heteroatoms. The molecule has 0 saturated carbocycles. The zero-order valence-electron chi connectivity index (χ0n) is 32.4. The average Bonchev–Trinajstić information content (AvgIpc) is 3.93. The number of para-hydroxylation sites is 1. The molecule has 0 aliphatic heterocycles. The Balaban J connectivity index is 1.01. The van der Waals surface area contributed by atoms with E-state index in [1.165, 1.54) is 55.5 Å². The van der Waals surface area contributed by atoms with Crippen LogP contribution in [-0.4, -0.2) is 19.5 Å². The number of fused-ring (bicyclic) bond motifs is 14. The lowest BCUT2D eigenvalue weighted by Crippen LogP contribution is -2.25. The van der Waals surface area contributed by atoms with Crippen LogP contribution in [0.2, 0.25) is 0 Å². The zero-order chi connectivity index (χ0) is 39.4. The van der Waals surface area contributed by atoms with Gasteiger partial charge in [0.25, 0.3) is 0 Å². The lowest BCUT2D eigenvalue weighted by atomic mass is 9.70. The van der Waals surface area contributed by atoms with E-state index < -0.39 is 5.41 Å². The Morgan fingerprint density at radius 3 is 1.58 bits per heavy atom. The number of hydrogen-bond donors (Lipinski definition) is 0. The minimum absolute atomic E-state index is 0.396. The number of aromatic nitrogens is 4. The van der Waals surface area contributed by atoms with Gasteiger partial charge >= 0.3 is 0 Å². The predicted molar refractivity (Wildman–Crippen MR) is 244 cm³/mol. The summed E-state index contributed by atoms with van der Waals surface area (Å²) in [6.07, 6.45) is 0. The van der Waals surface area contributed by atoms with Crippen molar-refractivity contribution in [2.75, 3.05) is 0 Å². The molecule has 11 aromatic rings. The van der Waals surface area contributed by atoms with Gasteiger partial charge in [0, 0.05) is 21.9 Å². The third-order valence-corrected chi connectivity index (χ3v) is 12.9. The van der Waals surface area contributed by atoms with Crippen molar-refractivity contribution in [2.45, 2.75) is 5.41 Å². The molecule has 2 aliphatic rings. The van der Waals surface area contributed by atoms with Gasteiger partial charge in [-0.2, -0.15) is 9.97 Å². The lowest BCUT2D eigenvalue weighted by Gasteiger charge is -2.30. The molecule has 2 aromatic heterocycles. The number of rotatable bonds is 4. The van der Waals surface area contributed by atoms with Crippen molar-refractivity contribution in [2.24, 2.45) is 0 Å². The molecule has 0 atom stereocenters. The van der Waals surface area contributed by atoms with E-state index in [0.29, 0.717) is 17.6 Å². The van der Waals surface area contributed by atoms with E-state index in [4.69, 9.17) is 15.0 Å². The Kier molecular flexibility index (Phi) is 6.90. The SMILES string of the molecule is c1ccc(-c2nc(-c3ccc4ccccc4c3)nc(-n3c4ccccc4c4cc(-c5ccc6c(c5)C5(c7ccccc7-c7ccccc75)c5ccccc5-6)ccc43)n2)cc1. The molecule has 0 saturated heterocycles. The fourth-order valence-corrected chi connectivity index (χ4v) is 10.3. The predicted octanol–water partition coefficient (Wildman–Crippen LogP) is 13.5. The van der Waals surface area contributed by atoms with Crippen molar-refractivity contribution in [1.29, 1.82) is 0 Å². The molecular weight excluding hydrogens is 729 g/mol. The van der Waals surface area contributed by atoms with E-state index in [1.54, 1.807) is 0 Å². The van der Waals surface area contributed by atoms with Gasteiger partial charge in [-0.15, -0.1) is 0 Å². The molecule has 2 aliphatic carbocycles. The second kappa shape index (κ2) is 12.5. The van der Waals surface area contributed by atoms with Crippen molar-refractivity contribution >= 4 is 32.6 Å². The molecule has 2 heterocycles.